The highest BCUT2D eigenvalue weighted by atomic mass is 32.2. The third-order valence-corrected chi connectivity index (χ3v) is 2.16. The van der Waals surface area contributed by atoms with Gasteiger partial charge in [-0.2, -0.15) is 0 Å². The standard InChI is InChI=1S/C8H10N2OS/c1-5(11)8-7(9)3-6(12-2)4-10-8/h3-4H,9H2,1-2H3. The number of thioether (sulfide) groups is 1. The van der Waals surface area contributed by atoms with Crippen LogP contribution in [0.15, 0.2) is 17.2 Å². The molecule has 1 heterocycles. The van der Waals surface area contributed by atoms with Crippen LogP contribution in [0.25, 0.3) is 0 Å². The molecule has 0 aliphatic heterocycles. The molecule has 3 nitrogen and oxygen atoms in total. The van der Waals surface area contributed by atoms with Crippen molar-refractivity contribution >= 4 is 23.2 Å². The van der Waals surface area contributed by atoms with Crippen LogP contribution in [-0.4, -0.2) is 17.0 Å². The predicted molar refractivity (Wildman–Crippen MR) is 50.4 cm³/mol. The number of aromatic nitrogens is 1. The number of hydrogen-bond acceptors (Lipinski definition) is 4. The highest BCUT2D eigenvalue weighted by molar-refractivity contribution is 7.98. The first kappa shape index (κ1) is 9.06. The molecule has 0 unspecified atom stereocenters. The van der Waals surface area contributed by atoms with Crippen LogP contribution in [0, 0.1) is 0 Å². The molecule has 0 fully saturated rings. The van der Waals surface area contributed by atoms with E-state index in [2.05, 4.69) is 4.98 Å². The third kappa shape index (κ3) is 1.76. The Hall–Kier alpha value is -1.03. The Morgan fingerprint density at radius 1 is 1.67 bits per heavy atom. The number of carbonyl (C=O) groups is 1. The Morgan fingerprint density at radius 3 is 2.75 bits per heavy atom. The van der Waals surface area contributed by atoms with Gasteiger partial charge in [0.15, 0.2) is 5.78 Å². The molecule has 0 aliphatic carbocycles. The summed E-state index contributed by atoms with van der Waals surface area (Å²) in [6.07, 6.45) is 3.58. The summed E-state index contributed by atoms with van der Waals surface area (Å²) in [5.74, 6) is -0.0971. The number of pyridine rings is 1. The number of hydrogen-bond donors (Lipinski definition) is 1. The van der Waals surface area contributed by atoms with E-state index < -0.39 is 0 Å². The van der Waals surface area contributed by atoms with Gasteiger partial charge >= 0.3 is 0 Å². The molecule has 0 saturated heterocycles. The molecule has 0 aliphatic rings. The van der Waals surface area contributed by atoms with Crippen molar-refractivity contribution in [3.05, 3.63) is 18.0 Å². The number of rotatable bonds is 2. The molecule has 4 heteroatoms. The summed E-state index contributed by atoms with van der Waals surface area (Å²) in [6.45, 7) is 1.46. The van der Waals surface area contributed by atoms with Crippen LogP contribution in [0.2, 0.25) is 0 Å². The van der Waals surface area contributed by atoms with Crippen molar-refractivity contribution in [2.45, 2.75) is 11.8 Å². The van der Waals surface area contributed by atoms with Crippen LogP contribution in [0.5, 0.6) is 0 Å². The molecule has 1 aromatic rings. The zero-order valence-corrected chi connectivity index (χ0v) is 7.81. The molecule has 2 N–H and O–H groups in total. The lowest BCUT2D eigenvalue weighted by molar-refractivity contribution is 0.101. The summed E-state index contributed by atoms with van der Waals surface area (Å²) in [5.41, 5.74) is 6.41. The average molecular weight is 182 g/mol. The van der Waals surface area contributed by atoms with Crippen molar-refractivity contribution in [1.29, 1.82) is 0 Å². The van der Waals surface area contributed by atoms with Crippen molar-refractivity contribution in [1.82, 2.24) is 4.98 Å². The first-order valence-corrected chi connectivity index (χ1v) is 4.68. The molecule has 64 valence electrons. The molecule has 12 heavy (non-hydrogen) atoms. The first-order chi connectivity index (χ1) is 5.65. The summed E-state index contributed by atoms with van der Waals surface area (Å²) in [6, 6.07) is 1.76. The summed E-state index contributed by atoms with van der Waals surface area (Å²) in [7, 11) is 0. The van der Waals surface area contributed by atoms with Gasteiger partial charge in [0.05, 0.1) is 5.69 Å². The molecule has 0 bridgehead atoms. The lowest BCUT2D eigenvalue weighted by atomic mass is 10.2. The van der Waals surface area contributed by atoms with E-state index in [4.69, 9.17) is 5.73 Å². The normalized spacial score (nSPS) is 9.83. The zero-order chi connectivity index (χ0) is 9.14. The summed E-state index contributed by atoms with van der Waals surface area (Å²) in [4.78, 5) is 15.8. The van der Waals surface area contributed by atoms with Crippen LogP contribution in [0.3, 0.4) is 0 Å². The average Bonchev–Trinajstić information content (AvgIpc) is 2.03. The minimum atomic E-state index is -0.0971. The largest absolute Gasteiger partial charge is 0.397 e. The van der Waals surface area contributed by atoms with Gasteiger partial charge in [0, 0.05) is 18.0 Å². The van der Waals surface area contributed by atoms with Gasteiger partial charge in [-0.05, 0) is 12.3 Å². The van der Waals surface area contributed by atoms with E-state index in [0.29, 0.717) is 11.4 Å². The third-order valence-electron chi connectivity index (χ3n) is 1.46. The van der Waals surface area contributed by atoms with Crippen molar-refractivity contribution < 1.29 is 4.79 Å². The van der Waals surface area contributed by atoms with Gasteiger partial charge in [-0.3, -0.25) is 4.79 Å². The summed E-state index contributed by atoms with van der Waals surface area (Å²) >= 11 is 1.55. The Labute approximate surface area is 75.4 Å². The maximum absolute atomic E-state index is 10.9. The van der Waals surface area contributed by atoms with Crippen molar-refractivity contribution in [2.75, 3.05) is 12.0 Å². The lowest BCUT2D eigenvalue weighted by Crippen LogP contribution is -2.02. The number of Topliss-reactive ketones (excluding diaryl/α,β-unsaturated/α-hetero) is 1. The minimum Gasteiger partial charge on any atom is -0.397 e. The predicted octanol–water partition coefficient (Wildman–Crippen LogP) is 1.59. The Morgan fingerprint density at radius 2 is 2.33 bits per heavy atom. The van der Waals surface area contributed by atoms with Crippen LogP contribution in [0.4, 0.5) is 5.69 Å². The van der Waals surface area contributed by atoms with Gasteiger partial charge in [-0.1, -0.05) is 0 Å². The second-order valence-corrected chi connectivity index (χ2v) is 3.25. The van der Waals surface area contributed by atoms with Crippen LogP contribution in [-0.2, 0) is 0 Å². The lowest BCUT2D eigenvalue weighted by Gasteiger charge is -2.01. The number of nitrogens with two attached hydrogens (primary N) is 1. The summed E-state index contributed by atoms with van der Waals surface area (Å²) < 4.78 is 0. The minimum absolute atomic E-state index is 0.0971. The Bertz CT molecular complexity index is 312. The van der Waals surface area contributed by atoms with E-state index in [0.717, 1.165) is 4.90 Å². The number of ketones is 1. The molecule has 1 rings (SSSR count). The first-order valence-electron chi connectivity index (χ1n) is 3.45. The molecule has 0 amide bonds. The molecule has 0 saturated carbocycles. The van der Waals surface area contributed by atoms with Crippen molar-refractivity contribution in [2.24, 2.45) is 0 Å². The van der Waals surface area contributed by atoms with Gasteiger partial charge in [0.1, 0.15) is 5.69 Å². The number of nitrogen functional groups attached to an aromatic ring is 1. The SMILES string of the molecule is CSc1cnc(C(C)=O)c(N)c1. The highest BCUT2D eigenvalue weighted by Gasteiger charge is 2.05. The molecular formula is C8H10N2OS. The molecule has 0 spiro atoms. The smallest absolute Gasteiger partial charge is 0.180 e. The second kappa shape index (κ2) is 3.58. The summed E-state index contributed by atoms with van der Waals surface area (Å²) in [5, 5.41) is 0. The number of carbonyl (C=O) groups excluding carboxylic acids is 1. The van der Waals surface area contributed by atoms with E-state index >= 15 is 0 Å². The number of anilines is 1. The van der Waals surface area contributed by atoms with Crippen LogP contribution >= 0.6 is 11.8 Å². The van der Waals surface area contributed by atoms with Crippen LogP contribution < -0.4 is 5.73 Å². The molecule has 1 aromatic heterocycles. The van der Waals surface area contributed by atoms with E-state index in [1.165, 1.54) is 6.92 Å². The van der Waals surface area contributed by atoms with Crippen molar-refractivity contribution in [3.63, 3.8) is 0 Å². The maximum atomic E-state index is 10.9. The zero-order valence-electron chi connectivity index (χ0n) is 7.00. The van der Waals surface area contributed by atoms with Crippen LogP contribution in [0.1, 0.15) is 17.4 Å². The second-order valence-electron chi connectivity index (χ2n) is 2.37. The fourth-order valence-electron chi connectivity index (χ4n) is 0.867. The monoisotopic (exact) mass is 182 g/mol. The maximum Gasteiger partial charge on any atom is 0.180 e. The van der Waals surface area contributed by atoms with E-state index in [-0.39, 0.29) is 5.78 Å². The fourth-order valence-corrected chi connectivity index (χ4v) is 1.27. The Kier molecular flexibility index (Phi) is 2.70. The van der Waals surface area contributed by atoms with Crippen molar-refractivity contribution in [3.8, 4) is 0 Å². The fraction of sp³-hybridized carbons (Fsp3) is 0.250. The van der Waals surface area contributed by atoms with Gasteiger partial charge in [0.2, 0.25) is 0 Å². The van der Waals surface area contributed by atoms with E-state index in [1.54, 1.807) is 24.0 Å². The van der Waals surface area contributed by atoms with Gasteiger partial charge in [-0.15, -0.1) is 11.8 Å². The quantitative estimate of drug-likeness (QED) is 0.557. The topological polar surface area (TPSA) is 56.0 Å². The van der Waals surface area contributed by atoms with Gasteiger partial charge in [0.25, 0.3) is 0 Å². The molecule has 0 radical (unpaired) electrons. The Balaban J connectivity index is 3.12. The number of nitrogens with zero attached hydrogens (tertiary/aromatic N) is 1. The molecule has 0 aromatic carbocycles. The van der Waals surface area contributed by atoms with E-state index in [9.17, 15) is 4.79 Å². The van der Waals surface area contributed by atoms with E-state index in [1.807, 2.05) is 6.26 Å². The molecule has 0 atom stereocenters. The molecular weight excluding hydrogens is 172 g/mol. The van der Waals surface area contributed by atoms with Gasteiger partial charge in [-0.25, -0.2) is 4.98 Å². The highest BCUT2D eigenvalue weighted by Crippen LogP contribution is 2.18. The van der Waals surface area contributed by atoms with Gasteiger partial charge < -0.3 is 5.73 Å².